The van der Waals surface area contributed by atoms with Crippen molar-refractivity contribution in [3.63, 3.8) is 0 Å². The van der Waals surface area contributed by atoms with E-state index < -0.39 is 29.6 Å². The number of rotatable bonds is 5. The number of nitrogens with one attached hydrogen (secondary N) is 1. The molecule has 0 saturated heterocycles. The number of nitrogens with zero attached hydrogens (tertiary/aromatic N) is 3. The number of carbonyl (C=O) groups excluding carboxylic acids is 2. The Hall–Kier alpha value is -3.87. The van der Waals surface area contributed by atoms with Crippen LogP contribution in [0, 0.1) is 11.3 Å². The summed E-state index contributed by atoms with van der Waals surface area (Å²) >= 11 is 0. The number of alkyl halides is 3. The Morgan fingerprint density at radius 1 is 1.15 bits per heavy atom. The molecule has 0 bridgehead atoms. The third-order valence-corrected chi connectivity index (χ3v) is 5.86. The Kier molecular flexibility index (Phi) is 6.28. The molecule has 4 rings (SSSR count). The Bertz CT molecular complexity index is 1160. The van der Waals surface area contributed by atoms with Crippen molar-refractivity contribution < 1.29 is 27.5 Å². The van der Waals surface area contributed by atoms with E-state index in [1.54, 1.807) is 24.3 Å². The van der Waals surface area contributed by atoms with E-state index in [2.05, 4.69) is 10.1 Å². The molecular weight excluding hydrogens is 449 g/mol. The van der Waals surface area contributed by atoms with E-state index in [9.17, 15) is 22.8 Å². The van der Waals surface area contributed by atoms with Crippen LogP contribution in [-0.4, -0.2) is 41.0 Å². The van der Waals surface area contributed by atoms with Crippen LogP contribution < -0.4 is 10.1 Å². The Balaban J connectivity index is 1.53. The van der Waals surface area contributed by atoms with Crippen LogP contribution in [0.15, 0.2) is 53.5 Å². The van der Waals surface area contributed by atoms with E-state index in [-0.39, 0.29) is 17.9 Å². The van der Waals surface area contributed by atoms with Crippen LogP contribution in [0.5, 0.6) is 5.75 Å². The largest absolute Gasteiger partial charge is 0.573 e. The van der Waals surface area contributed by atoms with Crippen molar-refractivity contribution in [2.75, 3.05) is 11.9 Å². The minimum atomic E-state index is -4.85. The lowest BCUT2D eigenvalue weighted by molar-refractivity contribution is -0.274. The Labute approximate surface area is 193 Å². The molecule has 1 aliphatic carbocycles. The van der Waals surface area contributed by atoms with Gasteiger partial charge in [-0.15, -0.1) is 13.2 Å². The molecule has 0 aromatic heterocycles. The first-order valence-corrected chi connectivity index (χ1v) is 10.8. The summed E-state index contributed by atoms with van der Waals surface area (Å²) in [7, 11) is 0. The van der Waals surface area contributed by atoms with Crippen LogP contribution in [0.1, 0.15) is 43.2 Å². The lowest BCUT2D eigenvalue weighted by atomic mass is 9.88. The van der Waals surface area contributed by atoms with Gasteiger partial charge in [0.2, 0.25) is 5.91 Å². The third kappa shape index (κ3) is 5.03. The van der Waals surface area contributed by atoms with Gasteiger partial charge in [0.25, 0.3) is 5.91 Å². The predicted molar refractivity (Wildman–Crippen MR) is 117 cm³/mol. The lowest BCUT2D eigenvalue weighted by Crippen LogP contribution is -2.51. The number of ether oxygens (including phenoxy) is 1. The zero-order valence-corrected chi connectivity index (χ0v) is 18.1. The quantitative estimate of drug-likeness (QED) is 0.701. The minimum absolute atomic E-state index is 0.115. The molecule has 2 aliphatic rings. The Morgan fingerprint density at radius 2 is 1.85 bits per heavy atom. The fourth-order valence-electron chi connectivity index (χ4n) is 4.36. The molecule has 1 spiro atoms. The smallest absolute Gasteiger partial charge is 0.406 e. The SMILES string of the molecule is N#Cc1ccc(C2=NC3(CCCCC3)N(CC(=O)Nc3cccc(OC(F)(F)F)c3)C2=O)cc1. The highest BCUT2D eigenvalue weighted by molar-refractivity contribution is 6.47. The average molecular weight is 470 g/mol. The number of halogens is 3. The van der Waals surface area contributed by atoms with Crippen LogP contribution >= 0.6 is 0 Å². The molecule has 1 N–H and O–H groups in total. The lowest BCUT2D eigenvalue weighted by Gasteiger charge is -2.38. The number of nitriles is 1. The zero-order valence-electron chi connectivity index (χ0n) is 18.1. The molecule has 0 atom stereocenters. The van der Waals surface area contributed by atoms with Crippen LogP contribution in [-0.2, 0) is 9.59 Å². The van der Waals surface area contributed by atoms with Gasteiger partial charge in [-0.3, -0.25) is 14.6 Å². The summed E-state index contributed by atoms with van der Waals surface area (Å²) in [6.45, 7) is -0.299. The molecule has 34 heavy (non-hydrogen) atoms. The van der Waals surface area contributed by atoms with Gasteiger partial charge in [0.1, 0.15) is 23.7 Å². The standard InChI is InChI=1S/C24H21F3N4O3/c25-24(26,27)34-19-6-4-5-18(13-19)29-20(32)15-31-22(33)21(17-9-7-16(14-28)8-10-17)30-23(31)11-2-1-3-12-23/h4-10,13H,1-3,11-12,15H2,(H,29,32). The van der Waals surface area contributed by atoms with E-state index in [0.29, 0.717) is 24.0 Å². The van der Waals surface area contributed by atoms with Crippen molar-refractivity contribution in [2.24, 2.45) is 4.99 Å². The second-order valence-electron chi connectivity index (χ2n) is 8.21. The molecule has 2 aromatic carbocycles. The van der Waals surface area contributed by atoms with Gasteiger partial charge in [0, 0.05) is 17.3 Å². The first kappa shape index (κ1) is 23.3. The third-order valence-electron chi connectivity index (χ3n) is 5.86. The summed E-state index contributed by atoms with van der Waals surface area (Å²) < 4.78 is 41.4. The maximum Gasteiger partial charge on any atom is 0.573 e. The molecule has 1 saturated carbocycles. The predicted octanol–water partition coefficient (Wildman–Crippen LogP) is 4.39. The average Bonchev–Trinajstić information content (AvgIpc) is 3.04. The maximum atomic E-state index is 13.3. The first-order valence-electron chi connectivity index (χ1n) is 10.8. The maximum absolute atomic E-state index is 13.3. The fraction of sp³-hybridized carbons (Fsp3) is 0.333. The van der Waals surface area contributed by atoms with Gasteiger partial charge in [0.05, 0.1) is 11.6 Å². The van der Waals surface area contributed by atoms with Gasteiger partial charge in [-0.1, -0.05) is 24.6 Å². The number of hydrogen-bond donors (Lipinski definition) is 1. The molecule has 1 heterocycles. The molecule has 7 nitrogen and oxygen atoms in total. The molecule has 10 heteroatoms. The topological polar surface area (TPSA) is 94.8 Å². The molecule has 0 unspecified atom stereocenters. The number of amides is 2. The second-order valence-corrected chi connectivity index (χ2v) is 8.21. The highest BCUT2D eigenvalue weighted by atomic mass is 19.4. The van der Waals surface area contributed by atoms with E-state index >= 15 is 0 Å². The van der Waals surface area contributed by atoms with Gasteiger partial charge in [-0.2, -0.15) is 5.26 Å². The van der Waals surface area contributed by atoms with Crippen LogP contribution in [0.3, 0.4) is 0 Å². The Morgan fingerprint density at radius 3 is 2.50 bits per heavy atom. The van der Waals surface area contributed by atoms with Crippen molar-refractivity contribution in [1.29, 1.82) is 5.26 Å². The van der Waals surface area contributed by atoms with Gasteiger partial charge in [-0.25, -0.2) is 0 Å². The summed E-state index contributed by atoms with van der Waals surface area (Å²) in [6.07, 6.45) is -0.916. The molecule has 1 aliphatic heterocycles. The van der Waals surface area contributed by atoms with Crippen LogP contribution in [0.25, 0.3) is 0 Å². The molecule has 2 amide bonds. The van der Waals surface area contributed by atoms with Crippen molar-refractivity contribution in [1.82, 2.24) is 4.90 Å². The van der Waals surface area contributed by atoms with Gasteiger partial charge in [-0.05, 0) is 49.9 Å². The summed E-state index contributed by atoms with van der Waals surface area (Å²) in [6, 6.07) is 13.5. The van der Waals surface area contributed by atoms with Crippen molar-refractivity contribution in [3.05, 3.63) is 59.7 Å². The monoisotopic (exact) mass is 470 g/mol. The summed E-state index contributed by atoms with van der Waals surface area (Å²) in [5.41, 5.74) is 0.532. The highest BCUT2D eigenvalue weighted by Crippen LogP contribution is 2.39. The summed E-state index contributed by atoms with van der Waals surface area (Å²) in [5, 5.41) is 11.6. The number of carbonyl (C=O) groups is 2. The zero-order chi connectivity index (χ0) is 24.3. The van der Waals surface area contributed by atoms with Gasteiger partial charge in [0.15, 0.2) is 0 Å². The summed E-state index contributed by atoms with van der Waals surface area (Å²) in [5.74, 6) is -1.41. The molecule has 0 radical (unpaired) electrons. The fourth-order valence-corrected chi connectivity index (χ4v) is 4.36. The first-order chi connectivity index (χ1) is 16.2. The van der Waals surface area contributed by atoms with Crippen molar-refractivity contribution >= 4 is 23.2 Å². The van der Waals surface area contributed by atoms with Gasteiger partial charge >= 0.3 is 6.36 Å². The molecule has 1 fully saturated rings. The molecular formula is C24H21F3N4O3. The van der Waals surface area contributed by atoms with Crippen molar-refractivity contribution in [3.8, 4) is 11.8 Å². The van der Waals surface area contributed by atoms with E-state index in [1.165, 1.54) is 17.0 Å². The van der Waals surface area contributed by atoms with E-state index in [1.807, 2.05) is 6.07 Å². The van der Waals surface area contributed by atoms with Gasteiger partial charge < -0.3 is 15.0 Å². The van der Waals surface area contributed by atoms with E-state index in [4.69, 9.17) is 10.3 Å². The number of anilines is 1. The molecule has 2 aromatic rings. The summed E-state index contributed by atoms with van der Waals surface area (Å²) in [4.78, 5) is 32.4. The van der Waals surface area contributed by atoms with Crippen LogP contribution in [0.2, 0.25) is 0 Å². The number of hydrogen-bond acceptors (Lipinski definition) is 5. The van der Waals surface area contributed by atoms with Crippen LogP contribution in [0.4, 0.5) is 18.9 Å². The highest BCUT2D eigenvalue weighted by Gasteiger charge is 2.48. The molecule has 176 valence electrons. The number of aliphatic imine (C=N–C) groups is 1. The number of benzene rings is 2. The normalized spacial score (nSPS) is 17.3. The second kappa shape index (κ2) is 9.17. The minimum Gasteiger partial charge on any atom is -0.406 e. The van der Waals surface area contributed by atoms with E-state index in [0.717, 1.165) is 31.4 Å². The van der Waals surface area contributed by atoms with Crippen molar-refractivity contribution in [2.45, 2.75) is 44.1 Å².